The Morgan fingerprint density at radius 1 is 1.29 bits per heavy atom. The maximum absolute atomic E-state index is 11.1. The van der Waals surface area contributed by atoms with Crippen LogP contribution in [0.2, 0.25) is 0 Å². The van der Waals surface area contributed by atoms with Gasteiger partial charge in [-0.2, -0.15) is 5.10 Å². The molecule has 1 heterocycles. The van der Waals surface area contributed by atoms with Gasteiger partial charge in [0, 0.05) is 23.3 Å². The summed E-state index contributed by atoms with van der Waals surface area (Å²) in [6, 6.07) is 7.63. The van der Waals surface area contributed by atoms with Crippen molar-refractivity contribution in [1.82, 2.24) is 10.2 Å². The molecule has 0 saturated carbocycles. The van der Waals surface area contributed by atoms with Crippen molar-refractivity contribution >= 4 is 5.69 Å². The number of non-ortho nitro benzene ring substituents is 1. The van der Waals surface area contributed by atoms with Gasteiger partial charge in [0.2, 0.25) is 0 Å². The number of H-pyrrole nitrogens is 1. The van der Waals surface area contributed by atoms with Crippen LogP contribution in [0.4, 0.5) is 5.69 Å². The molecular weight excluding hydrogens is 222 g/mol. The summed E-state index contributed by atoms with van der Waals surface area (Å²) in [4.78, 5) is 21.2. The molecule has 0 radical (unpaired) electrons. The SMILES string of the molecule is Cc1cc(-c2ccc([N+](=O)[O-])cc2)n[nH]c1=O. The molecule has 1 aromatic carbocycles. The van der Waals surface area contributed by atoms with E-state index >= 15 is 0 Å². The maximum Gasteiger partial charge on any atom is 0.269 e. The summed E-state index contributed by atoms with van der Waals surface area (Å²) in [6.07, 6.45) is 0. The minimum Gasteiger partial charge on any atom is -0.268 e. The summed E-state index contributed by atoms with van der Waals surface area (Å²) >= 11 is 0. The molecule has 0 amide bonds. The average Bonchev–Trinajstić information content (AvgIpc) is 2.33. The van der Waals surface area contributed by atoms with E-state index in [-0.39, 0.29) is 11.2 Å². The molecule has 6 nitrogen and oxygen atoms in total. The van der Waals surface area contributed by atoms with Crippen LogP contribution in [0.5, 0.6) is 0 Å². The lowest BCUT2D eigenvalue weighted by Gasteiger charge is -2.00. The molecule has 2 rings (SSSR count). The van der Waals surface area contributed by atoms with E-state index in [1.807, 2.05) is 0 Å². The van der Waals surface area contributed by atoms with E-state index in [9.17, 15) is 14.9 Å². The minimum atomic E-state index is -0.463. The van der Waals surface area contributed by atoms with Gasteiger partial charge in [-0.15, -0.1) is 0 Å². The van der Waals surface area contributed by atoms with Gasteiger partial charge in [-0.3, -0.25) is 14.9 Å². The number of hydrogen-bond acceptors (Lipinski definition) is 4. The van der Waals surface area contributed by atoms with Crippen molar-refractivity contribution < 1.29 is 4.92 Å². The number of nitro benzene ring substituents is 1. The Morgan fingerprint density at radius 2 is 1.94 bits per heavy atom. The van der Waals surface area contributed by atoms with Crippen LogP contribution in [0.1, 0.15) is 5.56 Å². The standard InChI is InChI=1S/C11H9N3O3/c1-7-6-10(12-13-11(7)15)8-2-4-9(5-3-8)14(16)17/h2-6H,1H3,(H,13,15). The fourth-order valence-corrected chi connectivity index (χ4v) is 1.40. The van der Waals surface area contributed by atoms with Crippen LogP contribution < -0.4 is 5.56 Å². The number of nitrogens with one attached hydrogen (secondary N) is 1. The highest BCUT2D eigenvalue weighted by Crippen LogP contribution is 2.19. The zero-order valence-corrected chi connectivity index (χ0v) is 9.01. The topological polar surface area (TPSA) is 88.9 Å². The highest BCUT2D eigenvalue weighted by atomic mass is 16.6. The first kappa shape index (κ1) is 11.0. The molecule has 0 saturated heterocycles. The van der Waals surface area contributed by atoms with Gasteiger partial charge in [0.25, 0.3) is 11.2 Å². The molecule has 0 aliphatic rings. The van der Waals surface area contributed by atoms with Gasteiger partial charge in [0.15, 0.2) is 0 Å². The monoisotopic (exact) mass is 231 g/mol. The van der Waals surface area contributed by atoms with Crippen molar-refractivity contribution in [3.8, 4) is 11.3 Å². The van der Waals surface area contributed by atoms with Crippen molar-refractivity contribution in [3.05, 3.63) is 56.4 Å². The highest BCUT2D eigenvalue weighted by molar-refractivity contribution is 5.60. The Bertz CT molecular complexity index is 617. The van der Waals surface area contributed by atoms with E-state index in [4.69, 9.17) is 0 Å². The van der Waals surface area contributed by atoms with Gasteiger partial charge in [-0.1, -0.05) is 0 Å². The second-order valence-corrected chi connectivity index (χ2v) is 3.57. The fraction of sp³-hybridized carbons (Fsp3) is 0.0909. The Morgan fingerprint density at radius 3 is 2.47 bits per heavy atom. The molecule has 1 aromatic heterocycles. The number of nitro groups is 1. The third-order valence-electron chi connectivity index (χ3n) is 2.36. The molecule has 0 bridgehead atoms. The zero-order chi connectivity index (χ0) is 12.4. The summed E-state index contributed by atoms with van der Waals surface area (Å²) < 4.78 is 0. The van der Waals surface area contributed by atoms with E-state index in [1.165, 1.54) is 12.1 Å². The summed E-state index contributed by atoms with van der Waals surface area (Å²) in [5.74, 6) is 0. The molecular formula is C11H9N3O3. The maximum atomic E-state index is 11.1. The summed E-state index contributed by atoms with van der Waals surface area (Å²) in [6.45, 7) is 1.68. The third-order valence-corrected chi connectivity index (χ3v) is 2.36. The lowest BCUT2D eigenvalue weighted by molar-refractivity contribution is -0.384. The number of aromatic amines is 1. The lowest BCUT2D eigenvalue weighted by atomic mass is 10.1. The van der Waals surface area contributed by atoms with E-state index < -0.39 is 4.92 Å². The molecule has 0 unspecified atom stereocenters. The van der Waals surface area contributed by atoms with E-state index in [2.05, 4.69) is 10.2 Å². The molecule has 17 heavy (non-hydrogen) atoms. The van der Waals surface area contributed by atoms with Crippen LogP contribution in [0, 0.1) is 17.0 Å². The highest BCUT2D eigenvalue weighted by Gasteiger charge is 2.06. The van der Waals surface area contributed by atoms with Crippen LogP contribution >= 0.6 is 0 Å². The summed E-state index contributed by atoms with van der Waals surface area (Å²) in [7, 11) is 0. The lowest BCUT2D eigenvalue weighted by Crippen LogP contribution is -2.11. The first-order valence-corrected chi connectivity index (χ1v) is 4.89. The molecule has 2 aromatic rings. The quantitative estimate of drug-likeness (QED) is 0.628. The molecule has 0 aliphatic carbocycles. The predicted octanol–water partition coefficient (Wildman–Crippen LogP) is 1.65. The largest absolute Gasteiger partial charge is 0.269 e. The number of rotatable bonds is 2. The summed E-state index contributed by atoms with van der Waals surface area (Å²) in [5, 5.41) is 16.7. The second kappa shape index (κ2) is 4.17. The fourth-order valence-electron chi connectivity index (χ4n) is 1.40. The van der Waals surface area contributed by atoms with Gasteiger partial charge in [0.1, 0.15) is 0 Å². The van der Waals surface area contributed by atoms with E-state index in [0.717, 1.165) is 5.56 Å². The molecule has 86 valence electrons. The van der Waals surface area contributed by atoms with Crippen molar-refractivity contribution in [2.24, 2.45) is 0 Å². The second-order valence-electron chi connectivity index (χ2n) is 3.57. The first-order chi connectivity index (χ1) is 8.08. The van der Waals surface area contributed by atoms with Gasteiger partial charge < -0.3 is 0 Å². The minimum absolute atomic E-state index is 0.0231. The third kappa shape index (κ3) is 2.20. The van der Waals surface area contributed by atoms with Crippen LogP contribution in [-0.4, -0.2) is 15.1 Å². The van der Waals surface area contributed by atoms with Crippen molar-refractivity contribution in [3.63, 3.8) is 0 Å². The van der Waals surface area contributed by atoms with Crippen molar-refractivity contribution in [2.75, 3.05) is 0 Å². The number of hydrogen-bond donors (Lipinski definition) is 1. The Balaban J connectivity index is 2.43. The van der Waals surface area contributed by atoms with Crippen molar-refractivity contribution in [2.45, 2.75) is 6.92 Å². The number of aryl methyl sites for hydroxylation is 1. The van der Waals surface area contributed by atoms with Crippen LogP contribution in [0.25, 0.3) is 11.3 Å². The molecule has 0 fully saturated rings. The smallest absolute Gasteiger partial charge is 0.268 e. The van der Waals surface area contributed by atoms with Crippen LogP contribution in [0.3, 0.4) is 0 Å². The van der Waals surface area contributed by atoms with Gasteiger partial charge >= 0.3 is 0 Å². The average molecular weight is 231 g/mol. The number of nitrogens with zero attached hydrogens (tertiary/aromatic N) is 2. The Labute approximate surface area is 96.1 Å². The zero-order valence-electron chi connectivity index (χ0n) is 9.01. The Hall–Kier alpha value is -2.50. The van der Waals surface area contributed by atoms with Gasteiger partial charge in [-0.05, 0) is 25.1 Å². The Kier molecular flexibility index (Phi) is 2.70. The van der Waals surface area contributed by atoms with Crippen LogP contribution in [-0.2, 0) is 0 Å². The van der Waals surface area contributed by atoms with E-state index in [1.54, 1.807) is 25.1 Å². The molecule has 0 aliphatic heterocycles. The van der Waals surface area contributed by atoms with Crippen LogP contribution in [0.15, 0.2) is 35.1 Å². The van der Waals surface area contributed by atoms with Gasteiger partial charge in [0.05, 0.1) is 10.6 Å². The number of benzene rings is 1. The first-order valence-electron chi connectivity index (χ1n) is 4.89. The normalized spacial score (nSPS) is 10.2. The molecule has 1 N–H and O–H groups in total. The molecule has 6 heteroatoms. The number of aromatic nitrogens is 2. The summed E-state index contributed by atoms with van der Waals surface area (Å²) in [5.41, 5.74) is 1.63. The van der Waals surface area contributed by atoms with Crippen molar-refractivity contribution in [1.29, 1.82) is 0 Å². The van der Waals surface area contributed by atoms with Gasteiger partial charge in [-0.25, -0.2) is 5.10 Å². The predicted molar refractivity (Wildman–Crippen MR) is 61.7 cm³/mol. The molecule has 0 spiro atoms. The molecule has 0 atom stereocenters. The van der Waals surface area contributed by atoms with E-state index in [0.29, 0.717) is 11.3 Å².